The van der Waals surface area contributed by atoms with Crippen LogP contribution < -0.4 is 5.32 Å². The van der Waals surface area contributed by atoms with E-state index in [1.165, 1.54) is 36.9 Å². The minimum absolute atomic E-state index is 0.614. The molecule has 1 nitrogen and oxygen atoms in total. The van der Waals surface area contributed by atoms with E-state index in [0.29, 0.717) is 6.04 Å². The fourth-order valence-electron chi connectivity index (χ4n) is 3.52. The molecular formula is C17H23N. The van der Waals surface area contributed by atoms with E-state index in [2.05, 4.69) is 48.7 Å². The van der Waals surface area contributed by atoms with Gasteiger partial charge < -0.3 is 5.32 Å². The first-order valence-electron chi connectivity index (χ1n) is 7.37. The predicted octanol–water partition coefficient (Wildman–Crippen LogP) is 3.65. The average Bonchev–Trinajstić information content (AvgIpc) is 3.00. The standard InChI is InChI=1S/C17H23N/c1-2-13-6-8-14(9-7-13)10-11-17-16-5-3-4-15(16)12-18-17/h6-11,15-18H,2-5,12H2,1H3/b11-10+. The third-order valence-electron chi connectivity index (χ3n) is 4.68. The van der Waals surface area contributed by atoms with Gasteiger partial charge in [0.25, 0.3) is 0 Å². The highest BCUT2D eigenvalue weighted by molar-refractivity contribution is 5.50. The molecule has 3 rings (SSSR count). The maximum atomic E-state index is 3.66. The lowest BCUT2D eigenvalue weighted by Gasteiger charge is -2.13. The van der Waals surface area contributed by atoms with Gasteiger partial charge in [-0.2, -0.15) is 0 Å². The SMILES string of the molecule is CCc1ccc(/C=C/C2NCC3CCCC32)cc1. The Morgan fingerprint density at radius 1 is 1.22 bits per heavy atom. The highest BCUT2D eigenvalue weighted by atomic mass is 15.0. The van der Waals surface area contributed by atoms with Crippen molar-refractivity contribution in [1.82, 2.24) is 5.32 Å². The Kier molecular flexibility index (Phi) is 3.51. The molecule has 1 aromatic rings. The predicted molar refractivity (Wildman–Crippen MR) is 77.5 cm³/mol. The molecule has 1 saturated carbocycles. The van der Waals surface area contributed by atoms with Crippen molar-refractivity contribution in [3.05, 3.63) is 41.5 Å². The number of hydrogen-bond acceptors (Lipinski definition) is 1. The number of rotatable bonds is 3. The van der Waals surface area contributed by atoms with Crippen molar-refractivity contribution in [1.29, 1.82) is 0 Å². The zero-order valence-corrected chi connectivity index (χ0v) is 11.2. The van der Waals surface area contributed by atoms with E-state index >= 15 is 0 Å². The van der Waals surface area contributed by atoms with Gasteiger partial charge in [0.05, 0.1) is 0 Å². The van der Waals surface area contributed by atoms with Crippen LogP contribution in [0.2, 0.25) is 0 Å². The fraction of sp³-hybridized carbons (Fsp3) is 0.529. The molecule has 3 unspecified atom stereocenters. The third kappa shape index (κ3) is 2.37. The Morgan fingerprint density at radius 2 is 2.06 bits per heavy atom. The maximum Gasteiger partial charge on any atom is 0.0284 e. The van der Waals surface area contributed by atoms with Gasteiger partial charge in [0.2, 0.25) is 0 Å². The van der Waals surface area contributed by atoms with Crippen LogP contribution in [0, 0.1) is 11.8 Å². The Balaban J connectivity index is 1.66. The van der Waals surface area contributed by atoms with Gasteiger partial charge in [-0.05, 0) is 48.8 Å². The summed E-state index contributed by atoms with van der Waals surface area (Å²) in [6.07, 6.45) is 10.1. The highest BCUT2D eigenvalue weighted by Gasteiger charge is 2.37. The monoisotopic (exact) mass is 241 g/mol. The van der Waals surface area contributed by atoms with E-state index in [1.54, 1.807) is 0 Å². The van der Waals surface area contributed by atoms with E-state index in [0.717, 1.165) is 18.3 Å². The topological polar surface area (TPSA) is 12.0 Å². The summed E-state index contributed by atoms with van der Waals surface area (Å²) < 4.78 is 0. The summed E-state index contributed by atoms with van der Waals surface area (Å²) in [6.45, 7) is 3.43. The first kappa shape index (κ1) is 12.0. The van der Waals surface area contributed by atoms with E-state index in [1.807, 2.05) is 0 Å². The maximum absolute atomic E-state index is 3.66. The summed E-state index contributed by atoms with van der Waals surface area (Å²) in [5.74, 6) is 1.85. The van der Waals surface area contributed by atoms with Crippen LogP contribution in [0.5, 0.6) is 0 Å². The lowest BCUT2D eigenvalue weighted by molar-refractivity contribution is 0.456. The Hall–Kier alpha value is -1.08. The van der Waals surface area contributed by atoms with Crippen molar-refractivity contribution >= 4 is 6.08 Å². The van der Waals surface area contributed by atoms with E-state index < -0.39 is 0 Å². The van der Waals surface area contributed by atoms with E-state index in [9.17, 15) is 0 Å². The van der Waals surface area contributed by atoms with Gasteiger partial charge in [-0.25, -0.2) is 0 Å². The average molecular weight is 241 g/mol. The molecule has 0 bridgehead atoms. The second-order valence-electron chi connectivity index (χ2n) is 5.74. The van der Waals surface area contributed by atoms with Crippen LogP contribution in [-0.2, 0) is 6.42 Å². The summed E-state index contributed by atoms with van der Waals surface area (Å²) in [7, 11) is 0. The number of hydrogen-bond donors (Lipinski definition) is 1. The zero-order chi connectivity index (χ0) is 12.4. The molecule has 1 aliphatic carbocycles. The molecule has 3 atom stereocenters. The van der Waals surface area contributed by atoms with Crippen LogP contribution in [0.4, 0.5) is 0 Å². The lowest BCUT2D eigenvalue weighted by atomic mass is 9.93. The Morgan fingerprint density at radius 3 is 2.83 bits per heavy atom. The van der Waals surface area contributed by atoms with Crippen LogP contribution in [-0.4, -0.2) is 12.6 Å². The summed E-state index contributed by atoms with van der Waals surface area (Å²) in [5.41, 5.74) is 2.75. The molecule has 0 amide bonds. The van der Waals surface area contributed by atoms with Crippen LogP contribution in [0.25, 0.3) is 6.08 Å². The molecule has 96 valence electrons. The molecule has 1 aliphatic heterocycles. The van der Waals surface area contributed by atoms with Crippen molar-refractivity contribution in [3.8, 4) is 0 Å². The highest BCUT2D eigenvalue weighted by Crippen LogP contribution is 2.38. The van der Waals surface area contributed by atoms with E-state index in [-0.39, 0.29) is 0 Å². The summed E-state index contributed by atoms with van der Waals surface area (Å²) in [6, 6.07) is 9.55. The van der Waals surface area contributed by atoms with Crippen LogP contribution in [0.3, 0.4) is 0 Å². The van der Waals surface area contributed by atoms with Gasteiger partial charge in [0.15, 0.2) is 0 Å². The van der Waals surface area contributed by atoms with Gasteiger partial charge in [-0.15, -0.1) is 0 Å². The minimum atomic E-state index is 0.614. The summed E-state index contributed by atoms with van der Waals surface area (Å²) in [5, 5.41) is 3.66. The normalized spacial score (nSPS) is 31.1. The second-order valence-corrected chi connectivity index (χ2v) is 5.74. The molecule has 2 fully saturated rings. The molecule has 0 spiro atoms. The van der Waals surface area contributed by atoms with Gasteiger partial charge in [0.1, 0.15) is 0 Å². The molecule has 2 aliphatic rings. The number of fused-ring (bicyclic) bond motifs is 1. The summed E-state index contributed by atoms with van der Waals surface area (Å²) in [4.78, 5) is 0. The minimum Gasteiger partial charge on any atom is -0.310 e. The molecule has 1 saturated heterocycles. The lowest BCUT2D eigenvalue weighted by Crippen LogP contribution is -2.23. The van der Waals surface area contributed by atoms with Crippen molar-refractivity contribution < 1.29 is 0 Å². The first-order chi connectivity index (χ1) is 8.86. The molecular weight excluding hydrogens is 218 g/mol. The number of nitrogens with one attached hydrogen (secondary N) is 1. The second kappa shape index (κ2) is 5.27. The molecule has 0 aromatic heterocycles. The van der Waals surface area contributed by atoms with Crippen molar-refractivity contribution in [2.75, 3.05) is 6.54 Å². The number of benzene rings is 1. The largest absolute Gasteiger partial charge is 0.310 e. The van der Waals surface area contributed by atoms with Crippen molar-refractivity contribution in [2.24, 2.45) is 11.8 Å². The molecule has 1 aromatic carbocycles. The number of aryl methyl sites for hydroxylation is 1. The van der Waals surface area contributed by atoms with Crippen molar-refractivity contribution in [2.45, 2.75) is 38.6 Å². The zero-order valence-electron chi connectivity index (χ0n) is 11.2. The Bertz CT molecular complexity index is 418. The van der Waals surface area contributed by atoms with Crippen LogP contribution in [0.1, 0.15) is 37.3 Å². The van der Waals surface area contributed by atoms with E-state index in [4.69, 9.17) is 0 Å². The fourth-order valence-corrected chi connectivity index (χ4v) is 3.52. The van der Waals surface area contributed by atoms with Gasteiger partial charge >= 0.3 is 0 Å². The molecule has 0 radical (unpaired) electrons. The quantitative estimate of drug-likeness (QED) is 0.851. The van der Waals surface area contributed by atoms with Gasteiger partial charge in [-0.1, -0.05) is 49.8 Å². The smallest absolute Gasteiger partial charge is 0.0284 e. The molecule has 18 heavy (non-hydrogen) atoms. The molecule has 1 N–H and O–H groups in total. The summed E-state index contributed by atoms with van der Waals surface area (Å²) >= 11 is 0. The molecule has 1 heterocycles. The van der Waals surface area contributed by atoms with Crippen LogP contribution >= 0.6 is 0 Å². The van der Waals surface area contributed by atoms with Crippen LogP contribution in [0.15, 0.2) is 30.3 Å². The van der Waals surface area contributed by atoms with Crippen molar-refractivity contribution in [3.63, 3.8) is 0 Å². The van der Waals surface area contributed by atoms with Gasteiger partial charge in [0, 0.05) is 6.04 Å². The molecule has 1 heteroatoms. The van der Waals surface area contributed by atoms with Gasteiger partial charge in [-0.3, -0.25) is 0 Å². The first-order valence-corrected chi connectivity index (χ1v) is 7.37. The Labute approximate surface area is 110 Å². The third-order valence-corrected chi connectivity index (χ3v) is 4.68.